The summed E-state index contributed by atoms with van der Waals surface area (Å²) in [6.07, 6.45) is 3.35. The van der Waals surface area contributed by atoms with Gasteiger partial charge in [-0.25, -0.2) is 0 Å². The van der Waals surface area contributed by atoms with Crippen molar-refractivity contribution in [2.75, 3.05) is 18.4 Å². The molecule has 106 valence electrons. The summed E-state index contributed by atoms with van der Waals surface area (Å²) < 4.78 is 0. The molecule has 0 aromatic carbocycles. The van der Waals surface area contributed by atoms with Gasteiger partial charge in [-0.3, -0.25) is 9.78 Å². The molecular formula is C15H25N3O. The second-order valence-corrected chi connectivity index (χ2v) is 5.40. The standard InChI is InChI=1S/C15H25N3O/c1-6-17-14-7-8-16-9-13(14)15(19)18(12(4)5)10-11(2)3/h7-9,11-12H,6,10H2,1-5H3,(H,16,17). The molecule has 19 heavy (non-hydrogen) atoms. The average molecular weight is 263 g/mol. The average Bonchev–Trinajstić information content (AvgIpc) is 2.36. The van der Waals surface area contributed by atoms with Crippen LogP contribution < -0.4 is 5.32 Å². The Morgan fingerprint density at radius 2 is 2.05 bits per heavy atom. The molecule has 1 amide bonds. The van der Waals surface area contributed by atoms with Crippen LogP contribution in [0.5, 0.6) is 0 Å². The molecule has 0 radical (unpaired) electrons. The number of nitrogens with zero attached hydrogens (tertiary/aromatic N) is 2. The minimum atomic E-state index is 0.0488. The van der Waals surface area contributed by atoms with Crippen LogP contribution in [-0.4, -0.2) is 34.9 Å². The Balaban J connectivity index is 3.02. The molecule has 1 rings (SSSR count). The maximum Gasteiger partial charge on any atom is 0.257 e. The van der Waals surface area contributed by atoms with Gasteiger partial charge in [0.1, 0.15) is 0 Å². The highest BCUT2D eigenvalue weighted by molar-refractivity contribution is 5.99. The number of carbonyl (C=O) groups excluding carboxylic acids is 1. The topological polar surface area (TPSA) is 45.2 Å². The number of carbonyl (C=O) groups is 1. The SMILES string of the molecule is CCNc1ccncc1C(=O)N(CC(C)C)C(C)C. The molecule has 1 heterocycles. The zero-order chi connectivity index (χ0) is 14.4. The number of pyridine rings is 1. The molecule has 0 bridgehead atoms. The largest absolute Gasteiger partial charge is 0.385 e. The van der Waals surface area contributed by atoms with E-state index in [2.05, 4.69) is 24.1 Å². The van der Waals surface area contributed by atoms with Crippen molar-refractivity contribution in [1.82, 2.24) is 9.88 Å². The summed E-state index contributed by atoms with van der Waals surface area (Å²) in [5.74, 6) is 0.498. The third-order valence-electron chi connectivity index (χ3n) is 2.86. The van der Waals surface area contributed by atoms with E-state index in [4.69, 9.17) is 0 Å². The van der Waals surface area contributed by atoms with E-state index in [1.54, 1.807) is 12.4 Å². The van der Waals surface area contributed by atoms with Crippen molar-refractivity contribution in [3.05, 3.63) is 24.0 Å². The number of rotatable bonds is 6. The van der Waals surface area contributed by atoms with E-state index < -0.39 is 0 Å². The van der Waals surface area contributed by atoms with E-state index in [-0.39, 0.29) is 11.9 Å². The van der Waals surface area contributed by atoms with Gasteiger partial charge in [0.25, 0.3) is 5.91 Å². The Morgan fingerprint density at radius 3 is 2.58 bits per heavy atom. The molecule has 4 heteroatoms. The van der Waals surface area contributed by atoms with E-state index in [1.165, 1.54) is 0 Å². The summed E-state index contributed by atoms with van der Waals surface area (Å²) in [5.41, 5.74) is 1.51. The van der Waals surface area contributed by atoms with Gasteiger partial charge in [0.2, 0.25) is 0 Å². The van der Waals surface area contributed by atoms with Crippen LogP contribution in [0.15, 0.2) is 18.5 Å². The number of amides is 1. The molecule has 1 aromatic heterocycles. The van der Waals surface area contributed by atoms with Gasteiger partial charge in [-0.2, -0.15) is 0 Å². The first kappa shape index (κ1) is 15.5. The third kappa shape index (κ3) is 4.23. The van der Waals surface area contributed by atoms with E-state index in [9.17, 15) is 4.79 Å². The fourth-order valence-electron chi connectivity index (χ4n) is 1.99. The molecule has 0 aliphatic heterocycles. The van der Waals surface area contributed by atoms with Gasteiger partial charge in [-0.05, 0) is 32.8 Å². The smallest absolute Gasteiger partial charge is 0.257 e. The lowest BCUT2D eigenvalue weighted by Gasteiger charge is -2.29. The van der Waals surface area contributed by atoms with Gasteiger partial charge in [0.15, 0.2) is 0 Å². The molecule has 0 spiro atoms. The van der Waals surface area contributed by atoms with Gasteiger partial charge < -0.3 is 10.2 Å². The summed E-state index contributed by atoms with van der Waals surface area (Å²) in [7, 11) is 0. The number of nitrogens with one attached hydrogen (secondary N) is 1. The van der Waals surface area contributed by atoms with Crippen LogP contribution in [0.4, 0.5) is 5.69 Å². The highest BCUT2D eigenvalue weighted by atomic mass is 16.2. The van der Waals surface area contributed by atoms with Crippen LogP contribution in [-0.2, 0) is 0 Å². The highest BCUT2D eigenvalue weighted by Crippen LogP contribution is 2.18. The molecule has 0 saturated heterocycles. The number of aromatic nitrogens is 1. The second-order valence-electron chi connectivity index (χ2n) is 5.40. The Labute approximate surface area is 116 Å². The van der Waals surface area contributed by atoms with Crippen molar-refractivity contribution in [3.63, 3.8) is 0 Å². The van der Waals surface area contributed by atoms with Gasteiger partial charge in [-0.15, -0.1) is 0 Å². The van der Waals surface area contributed by atoms with E-state index in [1.807, 2.05) is 31.7 Å². The Hall–Kier alpha value is -1.58. The lowest BCUT2D eigenvalue weighted by molar-refractivity contribution is 0.0682. The zero-order valence-corrected chi connectivity index (χ0v) is 12.6. The minimum absolute atomic E-state index is 0.0488. The second kappa shape index (κ2) is 7.12. The van der Waals surface area contributed by atoms with Crippen molar-refractivity contribution in [1.29, 1.82) is 0 Å². The fraction of sp³-hybridized carbons (Fsp3) is 0.600. The van der Waals surface area contributed by atoms with Crippen LogP contribution in [0.1, 0.15) is 45.0 Å². The van der Waals surface area contributed by atoms with Gasteiger partial charge in [-0.1, -0.05) is 13.8 Å². The van der Waals surface area contributed by atoms with E-state index >= 15 is 0 Å². The number of hydrogen-bond donors (Lipinski definition) is 1. The van der Waals surface area contributed by atoms with Crippen molar-refractivity contribution < 1.29 is 4.79 Å². The number of hydrogen-bond acceptors (Lipinski definition) is 3. The van der Waals surface area contributed by atoms with E-state index in [0.29, 0.717) is 11.5 Å². The quantitative estimate of drug-likeness (QED) is 0.858. The third-order valence-corrected chi connectivity index (χ3v) is 2.86. The molecule has 0 fully saturated rings. The predicted molar refractivity (Wildman–Crippen MR) is 79.4 cm³/mol. The highest BCUT2D eigenvalue weighted by Gasteiger charge is 2.22. The molecule has 0 atom stereocenters. The molecule has 0 aliphatic carbocycles. The Morgan fingerprint density at radius 1 is 1.37 bits per heavy atom. The molecule has 0 saturated carbocycles. The van der Waals surface area contributed by atoms with E-state index in [0.717, 1.165) is 18.8 Å². The lowest BCUT2D eigenvalue weighted by Crippen LogP contribution is -2.39. The normalized spacial score (nSPS) is 10.9. The molecule has 4 nitrogen and oxygen atoms in total. The molecule has 1 N–H and O–H groups in total. The van der Waals surface area contributed by atoms with Crippen LogP contribution in [0.2, 0.25) is 0 Å². The summed E-state index contributed by atoms with van der Waals surface area (Å²) in [5, 5.41) is 3.22. The maximum atomic E-state index is 12.7. The Bertz CT molecular complexity index is 416. The van der Waals surface area contributed by atoms with Crippen molar-refractivity contribution in [2.24, 2.45) is 5.92 Å². The molecular weight excluding hydrogens is 238 g/mol. The zero-order valence-electron chi connectivity index (χ0n) is 12.6. The van der Waals surface area contributed by atoms with Crippen LogP contribution in [0, 0.1) is 5.92 Å². The fourth-order valence-corrected chi connectivity index (χ4v) is 1.99. The minimum Gasteiger partial charge on any atom is -0.385 e. The maximum absolute atomic E-state index is 12.7. The predicted octanol–water partition coefficient (Wildman–Crippen LogP) is 3.02. The van der Waals surface area contributed by atoms with Crippen LogP contribution >= 0.6 is 0 Å². The van der Waals surface area contributed by atoms with Crippen LogP contribution in [0.3, 0.4) is 0 Å². The van der Waals surface area contributed by atoms with Gasteiger partial charge in [0.05, 0.1) is 11.3 Å². The number of anilines is 1. The Kier molecular flexibility index (Phi) is 5.80. The summed E-state index contributed by atoms with van der Waals surface area (Å²) >= 11 is 0. The molecule has 1 aromatic rings. The monoisotopic (exact) mass is 263 g/mol. The van der Waals surface area contributed by atoms with Gasteiger partial charge in [0, 0.05) is 31.5 Å². The van der Waals surface area contributed by atoms with Gasteiger partial charge >= 0.3 is 0 Å². The first-order valence-corrected chi connectivity index (χ1v) is 6.96. The van der Waals surface area contributed by atoms with Crippen molar-refractivity contribution >= 4 is 11.6 Å². The first-order valence-electron chi connectivity index (χ1n) is 6.96. The molecule has 0 unspecified atom stereocenters. The van der Waals surface area contributed by atoms with Crippen molar-refractivity contribution in [2.45, 2.75) is 40.7 Å². The summed E-state index contributed by atoms with van der Waals surface area (Å²) in [6.45, 7) is 11.9. The summed E-state index contributed by atoms with van der Waals surface area (Å²) in [6, 6.07) is 2.04. The van der Waals surface area contributed by atoms with Crippen LogP contribution in [0.25, 0.3) is 0 Å². The van der Waals surface area contributed by atoms with Crippen molar-refractivity contribution in [3.8, 4) is 0 Å². The molecule has 0 aliphatic rings. The lowest BCUT2D eigenvalue weighted by atomic mass is 10.1. The summed E-state index contributed by atoms with van der Waals surface area (Å²) in [4.78, 5) is 18.7. The first-order chi connectivity index (χ1) is 8.97.